The molecule has 0 bridgehead atoms. The van der Waals surface area contributed by atoms with Gasteiger partial charge in [-0.1, -0.05) is 37.3 Å². The summed E-state index contributed by atoms with van der Waals surface area (Å²) in [6.45, 7) is 3.76. The fourth-order valence-electron chi connectivity index (χ4n) is 2.64. The zero-order valence-corrected chi connectivity index (χ0v) is 12.4. The number of likely N-dealkylation sites (N-methyl/N-ethyl adjacent to an activating group) is 1. The third-order valence-electron chi connectivity index (χ3n) is 3.78. The summed E-state index contributed by atoms with van der Waals surface area (Å²) in [5, 5.41) is 15.7. The highest BCUT2D eigenvalue weighted by Crippen LogP contribution is 2.14. The number of rotatable bonds is 7. The Morgan fingerprint density at radius 1 is 1.38 bits per heavy atom. The number of carbonyl (C=O) groups is 1. The lowest BCUT2D eigenvalue weighted by Gasteiger charge is -2.22. The van der Waals surface area contributed by atoms with Gasteiger partial charge in [-0.2, -0.15) is 0 Å². The van der Waals surface area contributed by atoms with Gasteiger partial charge in [0.15, 0.2) is 0 Å². The van der Waals surface area contributed by atoms with Crippen molar-refractivity contribution in [1.29, 1.82) is 0 Å². The Kier molecular flexibility index (Phi) is 6.17. The van der Waals surface area contributed by atoms with Gasteiger partial charge in [0.05, 0.1) is 31.8 Å². The van der Waals surface area contributed by atoms with Gasteiger partial charge in [0, 0.05) is 6.04 Å². The normalized spacial score (nSPS) is 23.0. The van der Waals surface area contributed by atoms with E-state index in [-0.39, 0.29) is 30.5 Å². The standard InChI is InChI=1S/C16H24N2O3/c1-2-17-15-11-21-10-14(15)16(20)18-13(9-19)8-12-6-4-3-5-7-12/h3-7,13-15,17,19H,2,8-11H2,1H3,(H,18,20)/t13-,14?,15?/m1/s1. The van der Waals surface area contributed by atoms with Crippen molar-refractivity contribution in [3.05, 3.63) is 35.9 Å². The number of aliphatic hydroxyl groups is 1. The van der Waals surface area contributed by atoms with Gasteiger partial charge in [0.1, 0.15) is 0 Å². The van der Waals surface area contributed by atoms with Crippen LogP contribution in [0.15, 0.2) is 30.3 Å². The first-order valence-electron chi connectivity index (χ1n) is 7.50. The molecule has 0 spiro atoms. The summed E-state index contributed by atoms with van der Waals surface area (Å²) >= 11 is 0. The smallest absolute Gasteiger partial charge is 0.227 e. The topological polar surface area (TPSA) is 70.6 Å². The summed E-state index contributed by atoms with van der Waals surface area (Å²) in [4.78, 5) is 12.3. The number of aliphatic hydroxyl groups excluding tert-OH is 1. The van der Waals surface area contributed by atoms with Crippen LogP contribution in [0.25, 0.3) is 0 Å². The summed E-state index contributed by atoms with van der Waals surface area (Å²) < 4.78 is 5.39. The first-order chi connectivity index (χ1) is 10.2. The third kappa shape index (κ3) is 4.52. The number of benzene rings is 1. The molecule has 1 aromatic carbocycles. The lowest BCUT2D eigenvalue weighted by molar-refractivity contribution is -0.126. The van der Waals surface area contributed by atoms with E-state index in [1.54, 1.807) is 0 Å². The van der Waals surface area contributed by atoms with Gasteiger partial charge in [0.2, 0.25) is 5.91 Å². The monoisotopic (exact) mass is 292 g/mol. The minimum absolute atomic E-state index is 0.0477. The Balaban J connectivity index is 1.90. The minimum Gasteiger partial charge on any atom is -0.394 e. The second-order valence-corrected chi connectivity index (χ2v) is 5.39. The van der Waals surface area contributed by atoms with E-state index < -0.39 is 0 Å². The molecule has 1 aromatic rings. The van der Waals surface area contributed by atoms with Crippen LogP contribution in [0.1, 0.15) is 12.5 Å². The van der Waals surface area contributed by atoms with Gasteiger partial charge < -0.3 is 20.5 Å². The van der Waals surface area contributed by atoms with Crippen LogP contribution in [-0.2, 0) is 16.0 Å². The number of hydrogen-bond acceptors (Lipinski definition) is 4. The number of amides is 1. The van der Waals surface area contributed by atoms with Gasteiger partial charge in [-0.05, 0) is 18.5 Å². The van der Waals surface area contributed by atoms with Crippen molar-refractivity contribution in [2.75, 3.05) is 26.4 Å². The molecule has 2 rings (SSSR count). The quantitative estimate of drug-likeness (QED) is 0.677. The zero-order chi connectivity index (χ0) is 15.1. The number of ether oxygens (including phenoxy) is 1. The van der Waals surface area contributed by atoms with Gasteiger partial charge in [-0.15, -0.1) is 0 Å². The Morgan fingerprint density at radius 3 is 2.81 bits per heavy atom. The van der Waals surface area contributed by atoms with E-state index >= 15 is 0 Å². The highest BCUT2D eigenvalue weighted by Gasteiger charge is 2.34. The van der Waals surface area contributed by atoms with Crippen LogP contribution in [-0.4, -0.2) is 49.5 Å². The maximum Gasteiger partial charge on any atom is 0.227 e. The van der Waals surface area contributed by atoms with Crippen LogP contribution in [0.2, 0.25) is 0 Å². The fourth-order valence-corrected chi connectivity index (χ4v) is 2.64. The van der Waals surface area contributed by atoms with Gasteiger partial charge in [-0.25, -0.2) is 0 Å². The molecule has 3 atom stereocenters. The summed E-state index contributed by atoms with van der Waals surface area (Å²) in [5.41, 5.74) is 1.10. The Labute approximate surface area is 125 Å². The molecule has 1 amide bonds. The molecule has 21 heavy (non-hydrogen) atoms. The van der Waals surface area contributed by atoms with E-state index in [0.717, 1.165) is 12.1 Å². The van der Waals surface area contributed by atoms with Crippen LogP contribution >= 0.6 is 0 Å². The van der Waals surface area contributed by atoms with Crippen molar-refractivity contribution in [3.8, 4) is 0 Å². The molecular formula is C16H24N2O3. The molecule has 3 N–H and O–H groups in total. The van der Waals surface area contributed by atoms with Crippen molar-refractivity contribution < 1.29 is 14.6 Å². The predicted octanol–water partition coefficient (Wildman–Crippen LogP) is 0.331. The third-order valence-corrected chi connectivity index (χ3v) is 3.78. The molecule has 5 heteroatoms. The van der Waals surface area contributed by atoms with Crippen molar-refractivity contribution in [3.63, 3.8) is 0 Å². The first kappa shape index (κ1) is 15.9. The van der Waals surface area contributed by atoms with Crippen LogP contribution in [0.3, 0.4) is 0 Å². The van der Waals surface area contributed by atoms with Crippen molar-refractivity contribution in [2.45, 2.75) is 25.4 Å². The maximum absolute atomic E-state index is 12.3. The van der Waals surface area contributed by atoms with Crippen molar-refractivity contribution in [1.82, 2.24) is 10.6 Å². The average Bonchev–Trinajstić information content (AvgIpc) is 2.96. The molecule has 1 fully saturated rings. The second-order valence-electron chi connectivity index (χ2n) is 5.39. The SMILES string of the molecule is CCNC1COCC1C(=O)N[C@@H](CO)Cc1ccccc1. The fraction of sp³-hybridized carbons (Fsp3) is 0.562. The molecule has 1 aliphatic rings. The highest BCUT2D eigenvalue weighted by atomic mass is 16.5. The second kappa shape index (κ2) is 8.12. The van der Waals surface area contributed by atoms with E-state index in [4.69, 9.17) is 4.74 Å². The molecule has 0 radical (unpaired) electrons. The molecule has 1 saturated heterocycles. The highest BCUT2D eigenvalue weighted by molar-refractivity contribution is 5.80. The van der Waals surface area contributed by atoms with E-state index in [2.05, 4.69) is 10.6 Å². The van der Waals surface area contributed by atoms with E-state index in [1.807, 2.05) is 37.3 Å². The summed E-state index contributed by atoms with van der Waals surface area (Å²) in [6, 6.07) is 9.65. The molecule has 1 aliphatic heterocycles. The molecule has 116 valence electrons. The van der Waals surface area contributed by atoms with Gasteiger partial charge in [-0.3, -0.25) is 4.79 Å². The lowest BCUT2D eigenvalue weighted by atomic mass is 10.0. The summed E-state index contributed by atoms with van der Waals surface area (Å²) in [6.07, 6.45) is 0.628. The van der Waals surface area contributed by atoms with Crippen LogP contribution in [0.4, 0.5) is 0 Å². The molecule has 0 aromatic heterocycles. The minimum atomic E-state index is -0.261. The average molecular weight is 292 g/mol. The molecule has 0 aliphatic carbocycles. The Bertz CT molecular complexity index is 438. The summed E-state index contributed by atoms with van der Waals surface area (Å²) in [5.74, 6) is -0.233. The maximum atomic E-state index is 12.3. The van der Waals surface area contributed by atoms with Crippen molar-refractivity contribution >= 4 is 5.91 Å². The van der Waals surface area contributed by atoms with Crippen LogP contribution < -0.4 is 10.6 Å². The lowest BCUT2D eigenvalue weighted by Crippen LogP contribution is -2.48. The van der Waals surface area contributed by atoms with Crippen LogP contribution in [0.5, 0.6) is 0 Å². The Hall–Kier alpha value is -1.43. The number of hydrogen-bond donors (Lipinski definition) is 3. The van der Waals surface area contributed by atoms with Crippen molar-refractivity contribution in [2.24, 2.45) is 5.92 Å². The molecule has 2 unspecified atom stereocenters. The largest absolute Gasteiger partial charge is 0.394 e. The van der Waals surface area contributed by atoms with E-state index in [1.165, 1.54) is 0 Å². The Morgan fingerprint density at radius 2 is 2.14 bits per heavy atom. The van der Waals surface area contributed by atoms with E-state index in [0.29, 0.717) is 19.6 Å². The van der Waals surface area contributed by atoms with Gasteiger partial charge in [0.25, 0.3) is 0 Å². The zero-order valence-electron chi connectivity index (χ0n) is 12.4. The van der Waals surface area contributed by atoms with Crippen LogP contribution in [0, 0.1) is 5.92 Å². The molecular weight excluding hydrogens is 268 g/mol. The molecule has 0 saturated carbocycles. The number of carbonyl (C=O) groups excluding carboxylic acids is 1. The van der Waals surface area contributed by atoms with Gasteiger partial charge >= 0.3 is 0 Å². The molecule has 1 heterocycles. The first-order valence-corrected chi connectivity index (χ1v) is 7.50. The van der Waals surface area contributed by atoms with E-state index in [9.17, 15) is 9.90 Å². The summed E-state index contributed by atoms with van der Waals surface area (Å²) in [7, 11) is 0. The molecule has 5 nitrogen and oxygen atoms in total. The predicted molar refractivity (Wildman–Crippen MR) is 80.9 cm³/mol. The number of nitrogens with one attached hydrogen (secondary N) is 2.